The number of para-hydroxylation sites is 2. The third-order valence-electron chi connectivity index (χ3n) is 5.45. The molecule has 172 valence electrons. The number of rotatable bonds is 12. The average molecular weight is 441 g/mol. The molecule has 1 aromatic heterocycles. The van der Waals surface area contributed by atoms with Gasteiger partial charge in [0.05, 0.1) is 27.4 Å². The number of H-pyrrole nitrogens is 1. The molecule has 0 saturated carbocycles. The molecule has 32 heavy (non-hydrogen) atoms. The number of carbonyl (C=O) groups excluding carboxylic acids is 1. The van der Waals surface area contributed by atoms with Crippen molar-refractivity contribution >= 4 is 16.8 Å². The Morgan fingerprint density at radius 2 is 1.84 bits per heavy atom. The lowest BCUT2D eigenvalue weighted by molar-refractivity contribution is -0.132. The minimum absolute atomic E-state index is 0.157. The van der Waals surface area contributed by atoms with Gasteiger partial charge in [-0.1, -0.05) is 30.3 Å². The summed E-state index contributed by atoms with van der Waals surface area (Å²) in [6.45, 7) is 5.51. The number of carbonyl (C=O) groups is 1. The minimum atomic E-state index is -0.578. The van der Waals surface area contributed by atoms with Gasteiger partial charge in [-0.15, -0.1) is 0 Å². The molecular formula is C25H32N2O5. The predicted molar refractivity (Wildman–Crippen MR) is 125 cm³/mol. The Hall–Kier alpha value is -3.03. The molecule has 0 saturated heterocycles. The van der Waals surface area contributed by atoms with Crippen molar-refractivity contribution < 1.29 is 23.7 Å². The molecule has 3 aromatic rings. The first-order chi connectivity index (χ1) is 15.6. The Balaban J connectivity index is 1.87. The fourth-order valence-corrected chi connectivity index (χ4v) is 3.81. The van der Waals surface area contributed by atoms with Crippen molar-refractivity contribution in [3.05, 3.63) is 59.8 Å². The van der Waals surface area contributed by atoms with Crippen LogP contribution in [0.3, 0.4) is 0 Å². The number of aromatic amines is 1. The maximum absolute atomic E-state index is 12.7. The Kier molecular flexibility index (Phi) is 8.53. The van der Waals surface area contributed by atoms with Crippen molar-refractivity contribution in [3.63, 3.8) is 0 Å². The zero-order valence-electron chi connectivity index (χ0n) is 19.1. The Bertz CT molecular complexity index is 1020. The molecule has 0 radical (unpaired) electrons. The van der Waals surface area contributed by atoms with E-state index in [0.717, 1.165) is 22.0 Å². The zero-order valence-corrected chi connectivity index (χ0v) is 19.1. The normalized spacial score (nSPS) is 13.0. The highest BCUT2D eigenvalue weighted by Gasteiger charge is 2.25. The Morgan fingerprint density at radius 3 is 2.59 bits per heavy atom. The Morgan fingerprint density at radius 1 is 1.03 bits per heavy atom. The lowest BCUT2D eigenvalue weighted by Crippen LogP contribution is -2.37. The van der Waals surface area contributed by atoms with Crippen molar-refractivity contribution in [2.45, 2.75) is 25.9 Å². The fourth-order valence-electron chi connectivity index (χ4n) is 3.81. The number of methoxy groups -OCH3 is 2. The van der Waals surface area contributed by atoms with Crippen molar-refractivity contribution in [3.8, 4) is 11.5 Å². The van der Waals surface area contributed by atoms with E-state index < -0.39 is 6.10 Å². The summed E-state index contributed by atoms with van der Waals surface area (Å²) in [6, 6.07) is 13.9. The third-order valence-corrected chi connectivity index (χ3v) is 5.45. The highest BCUT2D eigenvalue weighted by atomic mass is 16.5. The largest absolute Gasteiger partial charge is 0.493 e. The topological polar surface area (TPSA) is 81.8 Å². The second-order valence-electron chi connectivity index (χ2n) is 7.38. The molecule has 2 N–H and O–H groups in total. The van der Waals surface area contributed by atoms with Crippen LogP contribution >= 0.6 is 0 Å². The number of hydrogen-bond donors (Lipinski definition) is 2. The first kappa shape index (κ1) is 23.6. The van der Waals surface area contributed by atoms with Crippen LogP contribution in [-0.4, -0.2) is 57.6 Å². The van der Waals surface area contributed by atoms with Gasteiger partial charge in [-0.05, 0) is 31.5 Å². The number of aromatic nitrogens is 1. The van der Waals surface area contributed by atoms with Crippen molar-refractivity contribution in [2.75, 3.05) is 40.6 Å². The highest BCUT2D eigenvalue weighted by Crippen LogP contribution is 2.40. The van der Waals surface area contributed by atoms with E-state index >= 15 is 0 Å². The lowest BCUT2D eigenvalue weighted by Gasteiger charge is -2.23. The standard InChI is InChI=1S/C25H32N2O5/c1-5-31-13-14-32-17(2)25(28)27-16-21(19-10-8-12-23(29-3)24(19)30-4)20-15-26-22-11-7-6-9-18(20)22/h6-12,15,17,21,26H,5,13-14,16H2,1-4H3,(H,27,28). The molecule has 7 heteroatoms. The molecular weight excluding hydrogens is 408 g/mol. The predicted octanol–water partition coefficient (Wildman–Crippen LogP) is 3.87. The van der Waals surface area contributed by atoms with Crippen LogP contribution in [-0.2, 0) is 14.3 Å². The van der Waals surface area contributed by atoms with E-state index in [1.807, 2.05) is 49.5 Å². The molecule has 0 aliphatic rings. The molecule has 1 amide bonds. The zero-order chi connectivity index (χ0) is 22.9. The fraction of sp³-hybridized carbons (Fsp3) is 0.400. The van der Waals surface area contributed by atoms with Gasteiger partial charge in [-0.2, -0.15) is 0 Å². The van der Waals surface area contributed by atoms with Crippen LogP contribution in [0.15, 0.2) is 48.7 Å². The van der Waals surface area contributed by atoms with Crippen LogP contribution in [0.25, 0.3) is 10.9 Å². The number of benzene rings is 2. The first-order valence-electron chi connectivity index (χ1n) is 10.8. The van der Waals surface area contributed by atoms with E-state index in [1.165, 1.54) is 0 Å². The SMILES string of the molecule is CCOCCOC(C)C(=O)NCC(c1cccc(OC)c1OC)c1c[nH]c2ccccc12. The molecule has 2 atom stereocenters. The smallest absolute Gasteiger partial charge is 0.248 e. The van der Waals surface area contributed by atoms with Gasteiger partial charge in [-0.3, -0.25) is 4.79 Å². The number of ether oxygens (including phenoxy) is 4. The van der Waals surface area contributed by atoms with Gasteiger partial charge < -0.3 is 29.2 Å². The molecule has 0 aliphatic heterocycles. The van der Waals surface area contributed by atoms with Gasteiger partial charge in [-0.25, -0.2) is 0 Å². The van der Waals surface area contributed by atoms with Crippen LogP contribution in [0, 0.1) is 0 Å². The summed E-state index contributed by atoms with van der Waals surface area (Å²) >= 11 is 0. The molecule has 0 aliphatic carbocycles. The van der Waals surface area contributed by atoms with E-state index in [-0.39, 0.29) is 11.8 Å². The lowest BCUT2D eigenvalue weighted by atomic mass is 9.89. The van der Waals surface area contributed by atoms with Crippen LogP contribution in [0.2, 0.25) is 0 Å². The summed E-state index contributed by atoms with van der Waals surface area (Å²) in [5.41, 5.74) is 3.03. The summed E-state index contributed by atoms with van der Waals surface area (Å²) < 4.78 is 22.1. The third kappa shape index (κ3) is 5.41. The van der Waals surface area contributed by atoms with Gasteiger partial charge in [0.2, 0.25) is 5.91 Å². The number of hydrogen-bond acceptors (Lipinski definition) is 5. The van der Waals surface area contributed by atoms with Crippen molar-refractivity contribution in [1.82, 2.24) is 10.3 Å². The monoisotopic (exact) mass is 440 g/mol. The van der Waals surface area contributed by atoms with Gasteiger partial charge in [0.1, 0.15) is 6.10 Å². The summed E-state index contributed by atoms with van der Waals surface area (Å²) in [5, 5.41) is 4.14. The van der Waals surface area contributed by atoms with Gasteiger partial charge in [0.25, 0.3) is 0 Å². The van der Waals surface area contributed by atoms with Crippen LogP contribution < -0.4 is 14.8 Å². The quantitative estimate of drug-likeness (QED) is 0.418. The van der Waals surface area contributed by atoms with E-state index in [4.69, 9.17) is 18.9 Å². The summed E-state index contributed by atoms with van der Waals surface area (Å²) in [6.07, 6.45) is 1.41. The molecule has 2 unspecified atom stereocenters. The average Bonchev–Trinajstić information content (AvgIpc) is 3.25. The number of fused-ring (bicyclic) bond motifs is 1. The molecule has 0 spiro atoms. The molecule has 0 bridgehead atoms. The molecule has 2 aromatic carbocycles. The number of nitrogens with one attached hydrogen (secondary N) is 2. The number of amides is 1. The first-order valence-corrected chi connectivity index (χ1v) is 10.8. The summed E-state index contributed by atoms with van der Waals surface area (Å²) in [7, 11) is 3.24. The molecule has 1 heterocycles. The second kappa shape index (κ2) is 11.5. The van der Waals surface area contributed by atoms with Crippen LogP contribution in [0.5, 0.6) is 11.5 Å². The minimum Gasteiger partial charge on any atom is -0.493 e. The summed E-state index contributed by atoms with van der Waals surface area (Å²) in [4.78, 5) is 16.0. The highest BCUT2D eigenvalue weighted by molar-refractivity contribution is 5.85. The van der Waals surface area contributed by atoms with Crippen LogP contribution in [0.4, 0.5) is 0 Å². The molecule has 7 nitrogen and oxygen atoms in total. The van der Waals surface area contributed by atoms with Gasteiger partial charge >= 0.3 is 0 Å². The molecule has 0 fully saturated rings. The summed E-state index contributed by atoms with van der Waals surface area (Å²) in [5.74, 6) is 0.971. The van der Waals surface area contributed by atoms with Gasteiger partial charge in [0, 0.05) is 41.7 Å². The van der Waals surface area contributed by atoms with Crippen LogP contribution in [0.1, 0.15) is 30.9 Å². The maximum atomic E-state index is 12.7. The maximum Gasteiger partial charge on any atom is 0.248 e. The van der Waals surface area contributed by atoms with E-state index in [2.05, 4.69) is 16.4 Å². The van der Waals surface area contributed by atoms with E-state index in [1.54, 1.807) is 21.1 Å². The van der Waals surface area contributed by atoms with E-state index in [0.29, 0.717) is 37.9 Å². The molecule has 3 rings (SSSR count). The van der Waals surface area contributed by atoms with Crippen molar-refractivity contribution in [2.24, 2.45) is 0 Å². The van der Waals surface area contributed by atoms with E-state index in [9.17, 15) is 4.79 Å². The second-order valence-corrected chi connectivity index (χ2v) is 7.38. The van der Waals surface area contributed by atoms with Gasteiger partial charge in [0.15, 0.2) is 11.5 Å². The van der Waals surface area contributed by atoms with Crippen molar-refractivity contribution in [1.29, 1.82) is 0 Å². The Labute approximate surface area is 189 Å².